The van der Waals surface area contributed by atoms with Crippen LogP contribution in [0, 0.1) is 0 Å². The third-order valence-electron chi connectivity index (χ3n) is 3.59. The summed E-state index contributed by atoms with van der Waals surface area (Å²) >= 11 is 1.57. The molecular weight excluding hydrogens is 385 g/mol. The van der Waals surface area contributed by atoms with Crippen LogP contribution in [0.4, 0.5) is 0 Å². The molecule has 7 nitrogen and oxygen atoms in total. The fourth-order valence-corrected chi connectivity index (χ4v) is 3.19. The Kier molecular flexibility index (Phi) is 9.73. The highest BCUT2D eigenvalue weighted by molar-refractivity contribution is 7.13. The van der Waals surface area contributed by atoms with E-state index >= 15 is 0 Å². The van der Waals surface area contributed by atoms with Crippen LogP contribution in [0.1, 0.15) is 5.69 Å². The molecule has 140 valence electrons. The van der Waals surface area contributed by atoms with Crippen LogP contribution in [0.3, 0.4) is 0 Å². The van der Waals surface area contributed by atoms with Gasteiger partial charge in [-0.05, 0) is 0 Å². The van der Waals surface area contributed by atoms with Crippen LogP contribution in [0.15, 0.2) is 24.0 Å². The summed E-state index contributed by atoms with van der Waals surface area (Å²) < 4.78 is 5.40. The third-order valence-corrected chi connectivity index (χ3v) is 4.51. The van der Waals surface area contributed by atoms with Crippen LogP contribution < -0.4 is 10.6 Å². The van der Waals surface area contributed by atoms with Crippen LogP contribution in [-0.4, -0.2) is 65.1 Å². The normalized spacial score (nSPS) is 20.2. The lowest BCUT2D eigenvalue weighted by Gasteiger charge is -2.26. The first-order chi connectivity index (χ1) is 11.3. The fourth-order valence-electron chi connectivity index (χ4n) is 2.38. The van der Waals surface area contributed by atoms with Crippen molar-refractivity contribution in [2.24, 2.45) is 0 Å². The lowest BCUT2D eigenvalue weighted by atomic mass is 10.1. The molecule has 0 bridgehead atoms. The van der Waals surface area contributed by atoms with Gasteiger partial charge in [0, 0.05) is 50.4 Å². The predicted octanol–water partition coefficient (Wildman–Crippen LogP) is 0.927. The van der Waals surface area contributed by atoms with E-state index in [9.17, 15) is 5.11 Å². The van der Waals surface area contributed by atoms with E-state index in [1.165, 1.54) is 0 Å². The first-order valence-corrected chi connectivity index (χ1v) is 8.55. The maximum absolute atomic E-state index is 10.4. The number of rotatable bonds is 6. The largest absolute Gasteiger partial charge is 0.385 e. The van der Waals surface area contributed by atoms with E-state index in [2.05, 4.69) is 25.6 Å². The van der Waals surface area contributed by atoms with Gasteiger partial charge in [-0.15, -0.1) is 36.2 Å². The SMILES string of the molecule is Cl.Cl.OC1(CNCCc2csc(-c3cnccn3)n2)CNCCOC1. The van der Waals surface area contributed by atoms with E-state index in [1.54, 1.807) is 29.9 Å². The molecule has 2 aromatic rings. The molecule has 1 saturated heterocycles. The molecule has 1 fully saturated rings. The van der Waals surface area contributed by atoms with E-state index in [0.717, 1.165) is 35.9 Å². The number of halogens is 2. The second kappa shape index (κ2) is 11.0. The Morgan fingerprint density at radius 3 is 3.04 bits per heavy atom. The highest BCUT2D eigenvalue weighted by atomic mass is 35.5. The zero-order chi connectivity index (χ0) is 16.0. The molecule has 1 aliphatic rings. The number of aromatic nitrogens is 3. The quantitative estimate of drug-likeness (QED) is 0.613. The topological polar surface area (TPSA) is 92.2 Å². The molecule has 0 amide bonds. The summed E-state index contributed by atoms with van der Waals surface area (Å²) in [6, 6.07) is 0. The van der Waals surface area contributed by atoms with Gasteiger partial charge in [-0.2, -0.15) is 0 Å². The smallest absolute Gasteiger partial charge is 0.143 e. The minimum absolute atomic E-state index is 0. The van der Waals surface area contributed by atoms with Gasteiger partial charge in [0.05, 0.1) is 25.1 Å². The Bertz CT molecular complexity index is 609. The van der Waals surface area contributed by atoms with E-state index in [1.807, 2.05) is 5.38 Å². The maximum Gasteiger partial charge on any atom is 0.143 e. The van der Waals surface area contributed by atoms with Crippen molar-refractivity contribution in [1.82, 2.24) is 25.6 Å². The van der Waals surface area contributed by atoms with Crippen molar-refractivity contribution in [3.63, 3.8) is 0 Å². The van der Waals surface area contributed by atoms with E-state index in [4.69, 9.17) is 4.74 Å². The van der Waals surface area contributed by atoms with Crippen molar-refractivity contribution in [3.8, 4) is 10.7 Å². The third kappa shape index (κ3) is 6.74. The second-order valence-corrected chi connectivity index (χ2v) is 6.47. The number of thiazole rings is 1. The number of nitrogens with one attached hydrogen (secondary N) is 2. The molecule has 0 spiro atoms. The second-order valence-electron chi connectivity index (χ2n) is 5.62. The van der Waals surface area contributed by atoms with Gasteiger partial charge in [0.1, 0.15) is 16.3 Å². The van der Waals surface area contributed by atoms with Crippen molar-refractivity contribution < 1.29 is 9.84 Å². The minimum atomic E-state index is -0.844. The van der Waals surface area contributed by atoms with Gasteiger partial charge in [0.15, 0.2) is 0 Å². The average molecular weight is 408 g/mol. The number of nitrogens with zero attached hydrogens (tertiary/aromatic N) is 3. The molecule has 1 atom stereocenters. The molecule has 1 unspecified atom stereocenters. The molecule has 1 aliphatic heterocycles. The van der Waals surface area contributed by atoms with E-state index < -0.39 is 5.60 Å². The van der Waals surface area contributed by atoms with Crippen molar-refractivity contribution in [3.05, 3.63) is 29.7 Å². The predicted molar refractivity (Wildman–Crippen MR) is 103 cm³/mol. The lowest BCUT2D eigenvalue weighted by Crippen LogP contribution is -2.50. The number of β-amino-alcohol motifs (C(OH)–C–C–N with tert-alkyl or cyclic N) is 1. The zero-order valence-corrected chi connectivity index (χ0v) is 16.1. The Balaban J connectivity index is 0.00000156. The monoisotopic (exact) mass is 407 g/mol. The molecule has 3 heterocycles. The highest BCUT2D eigenvalue weighted by Crippen LogP contribution is 2.20. The van der Waals surface area contributed by atoms with Gasteiger partial charge in [-0.3, -0.25) is 9.97 Å². The first kappa shape index (κ1) is 22.2. The molecule has 0 aliphatic carbocycles. The molecule has 3 N–H and O–H groups in total. The number of hydrogen-bond acceptors (Lipinski definition) is 8. The van der Waals surface area contributed by atoms with Gasteiger partial charge in [-0.25, -0.2) is 4.98 Å². The van der Waals surface area contributed by atoms with Crippen molar-refractivity contribution in [2.75, 3.05) is 39.4 Å². The number of ether oxygens (including phenoxy) is 1. The number of aliphatic hydroxyl groups is 1. The Morgan fingerprint density at radius 1 is 1.36 bits per heavy atom. The Morgan fingerprint density at radius 2 is 2.24 bits per heavy atom. The van der Waals surface area contributed by atoms with Crippen LogP contribution in [0.5, 0.6) is 0 Å². The van der Waals surface area contributed by atoms with Crippen LogP contribution in [-0.2, 0) is 11.2 Å². The summed E-state index contributed by atoms with van der Waals surface area (Å²) in [5.41, 5.74) is 0.974. The molecule has 10 heteroatoms. The molecule has 3 rings (SSSR count). The standard InChI is InChI=1S/C15H21N5O2S.2ClH/c21-15(10-18-5-6-22-11-15)9-17-2-1-12-8-23-14(20-12)13-7-16-3-4-19-13;;/h3-4,7-8,17-18,21H,1-2,5-6,9-11H2;2*1H. The van der Waals surface area contributed by atoms with Crippen LogP contribution in [0.2, 0.25) is 0 Å². The van der Waals surface area contributed by atoms with Gasteiger partial charge < -0.3 is 20.5 Å². The fraction of sp³-hybridized carbons (Fsp3) is 0.533. The summed E-state index contributed by atoms with van der Waals surface area (Å²) in [5.74, 6) is 0. The molecule has 0 saturated carbocycles. The maximum atomic E-state index is 10.4. The molecular formula is C15H23Cl2N5O2S. The van der Waals surface area contributed by atoms with Gasteiger partial charge in [0.2, 0.25) is 0 Å². The van der Waals surface area contributed by atoms with E-state index in [0.29, 0.717) is 26.3 Å². The number of hydrogen-bond donors (Lipinski definition) is 3. The molecule has 0 aromatic carbocycles. The summed E-state index contributed by atoms with van der Waals surface area (Å²) in [5, 5.41) is 19.8. The van der Waals surface area contributed by atoms with Crippen molar-refractivity contribution >= 4 is 36.2 Å². The highest BCUT2D eigenvalue weighted by Gasteiger charge is 2.28. The Labute approximate surface area is 163 Å². The van der Waals surface area contributed by atoms with Crippen molar-refractivity contribution in [2.45, 2.75) is 12.0 Å². The summed E-state index contributed by atoms with van der Waals surface area (Å²) in [6.45, 7) is 3.60. The van der Waals surface area contributed by atoms with Gasteiger partial charge in [0.25, 0.3) is 0 Å². The first-order valence-electron chi connectivity index (χ1n) is 7.68. The molecule has 0 radical (unpaired) electrons. The Hall–Kier alpha value is -0.870. The zero-order valence-electron chi connectivity index (χ0n) is 13.7. The summed E-state index contributed by atoms with van der Waals surface area (Å²) in [6.07, 6.45) is 5.84. The molecule has 2 aromatic heterocycles. The molecule has 25 heavy (non-hydrogen) atoms. The van der Waals surface area contributed by atoms with E-state index in [-0.39, 0.29) is 24.8 Å². The van der Waals surface area contributed by atoms with Crippen LogP contribution >= 0.6 is 36.2 Å². The lowest BCUT2D eigenvalue weighted by molar-refractivity contribution is -0.0260. The summed E-state index contributed by atoms with van der Waals surface area (Å²) in [4.78, 5) is 12.9. The summed E-state index contributed by atoms with van der Waals surface area (Å²) in [7, 11) is 0. The van der Waals surface area contributed by atoms with Crippen LogP contribution in [0.25, 0.3) is 10.7 Å². The minimum Gasteiger partial charge on any atom is -0.385 e. The van der Waals surface area contributed by atoms with Gasteiger partial charge in [-0.1, -0.05) is 0 Å². The average Bonchev–Trinajstić information content (AvgIpc) is 2.94. The van der Waals surface area contributed by atoms with Gasteiger partial charge >= 0.3 is 0 Å². The van der Waals surface area contributed by atoms with Crippen molar-refractivity contribution in [1.29, 1.82) is 0 Å².